The SMILES string of the molecule is CCCCCCCCCCCCCCCCS(=O)(=O)NCC(=O)NC. The molecule has 0 atom stereocenters. The summed E-state index contributed by atoms with van der Waals surface area (Å²) in [7, 11) is -1.82. The Hall–Kier alpha value is -0.620. The molecular formula is C19H40N2O3S. The molecule has 0 fully saturated rings. The minimum Gasteiger partial charge on any atom is -0.358 e. The van der Waals surface area contributed by atoms with Crippen LogP contribution in [0.25, 0.3) is 0 Å². The highest BCUT2D eigenvalue weighted by atomic mass is 32.2. The third-order valence-corrected chi connectivity index (χ3v) is 5.91. The van der Waals surface area contributed by atoms with Crippen LogP contribution in [0.3, 0.4) is 0 Å². The summed E-state index contributed by atoms with van der Waals surface area (Å²) in [4.78, 5) is 11.0. The molecule has 0 rings (SSSR count). The molecule has 0 unspecified atom stereocenters. The number of nitrogens with one attached hydrogen (secondary N) is 2. The van der Waals surface area contributed by atoms with E-state index in [0.717, 1.165) is 12.8 Å². The van der Waals surface area contributed by atoms with Gasteiger partial charge in [0.2, 0.25) is 15.9 Å². The Morgan fingerprint density at radius 1 is 0.720 bits per heavy atom. The molecule has 0 aromatic carbocycles. The molecule has 0 heterocycles. The second-order valence-electron chi connectivity index (χ2n) is 6.91. The first-order chi connectivity index (χ1) is 12.0. The van der Waals surface area contributed by atoms with Crippen LogP contribution in [0.2, 0.25) is 0 Å². The molecule has 0 aliphatic heterocycles. The third-order valence-electron chi connectivity index (χ3n) is 4.50. The molecule has 150 valence electrons. The van der Waals surface area contributed by atoms with Crippen molar-refractivity contribution in [2.45, 2.75) is 96.8 Å². The van der Waals surface area contributed by atoms with Crippen molar-refractivity contribution in [2.75, 3.05) is 19.3 Å². The van der Waals surface area contributed by atoms with Crippen molar-refractivity contribution in [1.29, 1.82) is 0 Å². The topological polar surface area (TPSA) is 75.3 Å². The molecule has 0 aliphatic carbocycles. The first kappa shape index (κ1) is 24.4. The second kappa shape index (κ2) is 16.8. The molecule has 0 aromatic rings. The lowest BCUT2D eigenvalue weighted by Crippen LogP contribution is -2.36. The van der Waals surface area contributed by atoms with E-state index < -0.39 is 10.0 Å². The summed E-state index contributed by atoms with van der Waals surface area (Å²) in [6.07, 6.45) is 17.4. The predicted molar refractivity (Wildman–Crippen MR) is 106 cm³/mol. The standard InChI is InChI=1S/C19H40N2O3S/c1-3-4-5-6-7-8-9-10-11-12-13-14-15-16-17-25(23,24)21-18-19(22)20-2/h21H,3-18H2,1-2H3,(H,20,22). The largest absolute Gasteiger partial charge is 0.358 e. The first-order valence-corrected chi connectivity index (χ1v) is 11.8. The van der Waals surface area contributed by atoms with Gasteiger partial charge in [-0.25, -0.2) is 13.1 Å². The van der Waals surface area contributed by atoms with Crippen molar-refractivity contribution in [1.82, 2.24) is 10.0 Å². The fourth-order valence-electron chi connectivity index (χ4n) is 2.82. The number of carbonyl (C=O) groups is 1. The molecule has 1 amide bonds. The van der Waals surface area contributed by atoms with Crippen molar-refractivity contribution >= 4 is 15.9 Å². The van der Waals surface area contributed by atoms with Crippen molar-refractivity contribution < 1.29 is 13.2 Å². The van der Waals surface area contributed by atoms with Crippen LogP contribution in [0.4, 0.5) is 0 Å². The van der Waals surface area contributed by atoms with E-state index in [1.807, 2.05) is 0 Å². The van der Waals surface area contributed by atoms with Gasteiger partial charge in [0, 0.05) is 7.05 Å². The summed E-state index contributed by atoms with van der Waals surface area (Å²) in [5.41, 5.74) is 0. The van der Waals surface area contributed by atoms with Gasteiger partial charge in [-0.05, 0) is 6.42 Å². The summed E-state index contributed by atoms with van der Waals surface area (Å²) < 4.78 is 25.7. The van der Waals surface area contributed by atoms with E-state index in [1.54, 1.807) is 0 Å². The molecule has 2 N–H and O–H groups in total. The van der Waals surface area contributed by atoms with Gasteiger partial charge in [0.25, 0.3) is 0 Å². The highest BCUT2D eigenvalue weighted by Crippen LogP contribution is 2.13. The molecule has 0 aliphatic rings. The van der Waals surface area contributed by atoms with Crippen LogP contribution in [-0.4, -0.2) is 33.7 Å². The minimum atomic E-state index is -3.31. The van der Waals surface area contributed by atoms with E-state index in [9.17, 15) is 13.2 Å². The quantitative estimate of drug-likeness (QED) is 0.353. The van der Waals surface area contributed by atoms with Gasteiger partial charge in [0.15, 0.2) is 0 Å². The normalized spacial score (nSPS) is 11.6. The number of hydrogen-bond donors (Lipinski definition) is 2. The van der Waals surface area contributed by atoms with Gasteiger partial charge in [0.1, 0.15) is 0 Å². The van der Waals surface area contributed by atoms with Gasteiger partial charge in [-0.3, -0.25) is 4.79 Å². The fraction of sp³-hybridized carbons (Fsp3) is 0.947. The van der Waals surface area contributed by atoms with Crippen LogP contribution < -0.4 is 10.0 Å². The number of amides is 1. The molecule has 6 heteroatoms. The van der Waals surface area contributed by atoms with E-state index in [0.29, 0.717) is 6.42 Å². The van der Waals surface area contributed by atoms with Gasteiger partial charge in [-0.15, -0.1) is 0 Å². The Morgan fingerprint density at radius 2 is 1.12 bits per heavy atom. The van der Waals surface area contributed by atoms with Gasteiger partial charge >= 0.3 is 0 Å². The van der Waals surface area contributed by atoms with Crippen LogP contribution in [0.5, 0.6) is 0 Å². The van der Waals surface area contributed by atoms with Gasteiger partial charge in [-0.2, -0.15) is 0 Å². The summed E-state index contributed by atoms with van der Waals surface area (Å²) >= 11 is 0. The lowest BCUT2D eigenvalue weighted by atomic mass is 10.0. The van der Waals surface area contributed by atoms with Crippen LogP contribution in [0, 0.1) is 0 Å². The maximum Gasteiger partial charge on any atom is 0.234 e. The smallest absolute Gasteiger partial charge is 0.234 e. The molecule has 0 aromatic heterocycles. The summed E-state index contributed by atoms with van der Waals surface area (Å²) in [5.74, 6) is -0.202. The Morgan fingerprint density at radius 3 is 1.52 bits per heavy atom. The van der Waals surface area contributed by atoms with E-state index in [1.165, 1.54) is 77.7 Å². The predicted octanol–water partition coefficient (Wildman–Crippen LogP) is 4.13. The van der Waals surface area contributed by atoms with Crippen LogP contribution in [0.1, 0.15) is 96.8 Å². The zero-order valence-corrected chi connectivity index (χ0v) is 17.3. The number of rotatable bonds is 18. The lowest BCUT2D eigenvalue weighted by molar-refractivity contribution is -0.119. The lowest BCUT2D eigenvalue weighted by Gasteiger charge is -2.06. The number of unbranched alkanes of at least 4 members (excludes halogenated alkanes) is 13. The number of likely N-dealkylation sites (N-methyl/N-ethyl adjacent to an activating group) is 1. The van der Waals surface area contributed by atoms with Crippen molar-refractivity contribution in [3.05, 3.63) is 0 Å². The number of hydrogen-bond acceptors (Lipinski definition) is 3. The Balaban J connectivity index is 3.31. The molecule has 0 radical (unpaired) electrons. The fourth-order valence-corrected chi connectivity index (χ4v) is 3.90. The zero-order chi connectivity index (χ0) is 18.8. The van der Waals surface area contributed by atoms with E-state index >= 15 is 0 Å². The first-order valence-electron chi connectivity index (χ1n) is 10.2. The molecule has 0 spiro atoms. The minimum absolute atomic E-state index is 0.113. The van der Waals surface area contributed by atoms with Gasteiger partial charge in [0.05, 0.1) is 12.3 Å². The Kier molecular flexibility index (Phi) is 16.4. The molecule has 5 nitrogen and oxygen atoms in total. The van der Waals surface area contributed by atoms with Crippen molar-refractivity contribution in [2.24, 2.45) is 0 Å². The van der Waals surface area contributed by atoms with Gasteiger partial charge in [-0.1, -0.05) is 90.4 Å². The van der Waals surface area contributed by atoms with Crippen molar-refractivity contribution in [3.63, 3.8) is 0 Å². The maximum atomic E-state index is 11.7. The van der Waals surface area contributed by atoms with E-state index in [2.05, 4.69) is 17.0 Å². The van der Waals surface area contributed by atoms with Crippen LogP contribution >= 0.6 is 0 Å². The van der Waals surface area contributed by atoms with Crippen molar-refractivity contribution in [3.8, 4) is 0 Å². The highest BCUT2D eigenvalue weighted by Gasteiger charge is 2.10. The average molecular weight is 377 g/mol. The van der Waals surface area contributed by atoms with Crippen LogP contribution in [-0.2, 0) is 14.8 Å². The number of carbonyl (C=O) groups excluding carboxylic acids is 1. The van der Waals surface area contributed by atoms with E-state index in [4.69, 9.17) is 0 Å². The molecule has 0 saturated carbocycles. The summed E-state index contributed by atoms with van der Waals surface area (Å²) in [6.45, 7) is 2.08. The van der Waals surface area contributed by atoms with Crippen LogP contribution in [0.15, 0.2) is 0 Å². The highest BCUT2D eigenvalue weighted by molar-refractivity contribution is 7.89. The average Bonchev–Trinajstić information content (AvgIpc) is 2.60. The van der Waals surface area contributed by atoms with E-state index in [-0.39, 0.29) is 18.2 Å². The number of sulfonamides is 1. The molecule has 0 bridgehead atoms. The monoisotopic (exact) mass is 376 g/mol. The molecular weight excluding hydrogens is 336 g/mol. The zero-order valence-electron chi connectivity index (χ0n) is 16.4. The Bertz CT molecular complexity index is 411. The summed E-state index contributed by atoms with van der Waals surface area (Å²) in [5, 5.41) is 2.39. The Labute approximate surface area is 155 Å². The maximum absolute atomic E-state index is 11.7. The second-order valence-corrected chi connectivity index (χ2v) is 8.84. The molecule has 25 heavy (non-hydrogen) atoms. The molecule has 0 saturated heterocycles. The third kappa shape index (κ3) is 18.0. The summed E-state index contributed by atoms with van der Waals surface area (Å²) in [6, 6.07) is 0. The van der Waals surface area contributed by atoms with Gasteiger partial charge < -0.3 is 5.32 Å².